The van der Waals surface area contributed by atoms with E-state index in [4.69, 9.17) is 14.7 Å². The number of hydrogen-bond acceptors (Lipinski definition) is 5. The summed E-state index contributed by atoms with van der Waals surface area (Å²) in [4.78, 5) is 42.0. The second-order valence-corrected chi connectivity index (χ2v) is 10.5. The summed E-state index contributed by atoms with van der Waals surface area (Å²) in [5.41, 5.74) is 11.7. The predicted molar refractivity (Wildman–Crippen MR) is 158 cm³/mol. The van der Waals surface area contributed by atoms with E-state index in [1.165, 1.54) is 7.11 Å². The van der Waals surface area contributed by atoms with E-state index in [0.29, 0.717) is 34.6 Å². The monoisotopic (exact) mass is 538 g/mol. The van der Waals surface area contributed by atoms with E-state index in [9.17, 15) is 14.7 Å². The van der Waals surface area contributed by atoms with E-state index in [1.54, 1.807) is 0 Å². The van der Waals surface area contributed by atoms with E-state index in [1.807, 2.05) is 25.1 Å². The minimum absolute atomic E-state index is 0.0420. The van der Waals surface area contributed by atoms with Gasteiger partial charge in [-0.15, -0.1) is 0 Å². The molecule has 0 radical (unpaired) electrons. The molecule has 0 saturated heterocycles. The summed E-state index contributed by atoms with van der Waals surface area (Å²) < 4.78 is 5.13. The largest absolute Gasteiger partial charge is 0.481 e. The number of methoxy groups -OCH3 is 1. The molecule has 206 valence electrons. The molecular weight excluding hydrogens is 504 g/mol. The number of esters is 1. The van der Waals surface area contributed by atoms with Gasteiger partial charge in [-0.25, -0.2) is 9.78 Å². The topological polar surface area (TPSA) is 121 Å². The van der Waals surface area contributed by atoms with Gasteiger partial charge in [-0.3, -0.25) is 9.78 Å². The number of nitrogens with zero attached hydrogens (tertiary/aromatic N) is 2. The van der Waals surface area contributed by atoms with Crippen LogP contribution in [0.15, 0.2) is 24.8 Å². The molecule has 8 heteroatoms. The van der Waals surface area contributed by atoms with Gasteiger partial charge >= 0.3 is 11.9 Å². The quantitative estimate of drug-likeness (QED) is 0.332. The zero-order chi connectivity index (χ0) is 28.9. The standard InChI is InChI=1S/C32H34N4O4/c1-8-19-16(4)23-12-22-15(3)10-26(33-22)21(11-29(37)38)31-30(32(39)40-7)18(6)25(36-31)14-28-20(9-2)17(5)24(35-28)13-27(19)34-23/h8,12-15,34-35H,1,9-11H2,2-7H3,(H,37,38). The maximum Gasteiger partial charge on any atom is 0.340 e. The van der Waals surface area contributed by atoms with Crippen LogP contribution in [0.2, 0.25) is 0 Å². The molecule has 0 amide bonds. The first-order valence-electron chi connectivity index (χ1n) is 13.5. The van der Waals surface area contributed by atoms with Gasteiger partial charge in [0.05, 0.1) is 30.5 Å². The van der Waals surface area contributed by atoms with Gasteiger partial charge in [-0.1, -0.05) is 26.5 Å². The number of aryl methyl sites for hydroxylation is 3. The number of carbonyl (C=O) groups excluding carboxylic acids is 1. The van der Waals surface area contributed by atoms with Crippen LogP contribution in [0.3, 0.4) is 0 Å². The lowest BCUT2D eigenvalue weighted by molar-refractivity contribution is -0.136. The molecule has 0 fully saturated rings. The van der Waals surface area contributed by atoms with Crippen molar-refractivity contribution < 1.29 is 19.4 Å². The maximum absolute atomic E-state index is 13.0. The van der Waals surface area contributed by atoms with Crippen LogP contribution in [-0.4, -0.2) is 44.1 Å². The molecule has 0 aliphatic carbocycles. The third-order valence-electron chi connectivity index (χ3n) is 8.09. The minimum Gasteiger partial charge on any atom is -0.481 e. The number of fused-ring (bicyclic) bond motifs is 8. The van der Waals surface area contributed by atoms with Crippen molar-refractivity contribution in [3.8, 4) is 0 Å². The van der Waals surface area contributed by atoms with Crippen molar-refractivity contribution in [1.29, 1.82) is 0 Å². The van der Waals surface area contributed by atoms with Crippen LogP contribution in [0.4, 0.5) is 0 Å². The van der Waals surface area contributed by atoms with Crippen molar-refractivity contribution >= 4 is 51.2 Å². The van der Waals surface area contributed by atoms with Crippen molar-refractivity contribution in [1.82, 2.24) is 19.9 Å². The van der Waals surface area contributed by atoms with Gasteiger partial charge in [0.1, 0.15) is 0 Å². The van der Waals surface area contributed by atoms with Gasteiger partial charge in [-0.05, 0) is 74.1 Å². The molecule has 1 atom stereocenters. The molecule has 0 saturated carbocycles. The molecule has 0 aromatic carbocycles. The number of carboxylic acid groups (broad SMARTS) is 1. The van der Waals surface area contributed by atoms with Gasteiger partial charge in [0.2, 0.25) is 0 Å². The number of aromatic nitrogens is 4. The number of carboxylic acids is 1. The van der Waals surface area contributed by atoms with Gasteiger partial charge in [0, 0.05) is 50.5 Å². The summed E-state index contributed by atoms with van der Waals surface area (Å²) in [6, 6.07) is 6.06. The fourth-order valence-electron chi connectivity index (χ4n) is 5.83. The maximum atomic E-state index is 13.0. The smallest absolute Gasteiger partial charge is 0.340 e. The van der Waals surface area contributed by atoms with Crippen LogP contribution < -0.4 is 0 Å². The Bertz CT molecular complexity index is 1790. The zero-order valence-corrected chi connectivity index (χ0v) is 23.8. The number of aliphatic carboxylic acids is 1. The van der Waals surface area contributed by atoms with Crippen LogP contribution in [-0.2, 0) is 33.6 Å². The Hall–Kier alpha value is -4.46. The second-order valence-electron chi connectivity index (χ2n) is 10.5. The van der Waals surface area contributed by atoms with Crippen LogP contribution in [0.1, 0.15) is 77.3 Å². The lowest BCUT2D eigenvalue weighted by Crippen LogP contribution is -2.11. The van der Waals surface area contributed by atoms with Crippen LogP contribution in [0.5, 0.6) is 0 Å². The van der Waals surface area contributed by atoms with Crippen LogP contribution in [0.25, 0.3) is 39.3 Å². The molecule has 1 unspecified atom stereocenters. The molecule has 3 N–H and O–H groups in total. The van der Waals surface area contributed by atoms with Gasteiger partial charge in [0.15, 0.2) is 0 Å². The predicted octanol–water partition coefficient (Wildman–Crippen LogP) is 6.21. The number of rotatable bonds is 5. The number of aromatic amines is 2. The summed E-state index contributed by atoms with van der Waals surface area (Å²) in [6.45, 7) is 14.2. The number of nitrogens with one attached hydrogen (secondary N) is 2. The molecule has 2 aliphatic heterocycles. The highest BCUT2D eigenvalue weighted by atomic mass is 16.5. The lowest BCUT2D eigenvalue weighted by atomic mass is 9.97. The van der Waals surface area contributed by atoms with E-state index >= 15 is 0 Å². The number of allylic oxidation sites excluding steroid dienone is 1. The summed E-state index contributed by atoms with van der Waals surface area (Å²) in [7, 11) is 1.32. The molecule has 3 aromatic heterocycles. The fraction of sp³-hybridized carbons (Fsp3) is 0.312. The lowest BCUT2D eigenvalue weighted by Gasteiger charge is -2.08. The molecule has 40 heavy (non-hydrogen) atoms. The Morgan fingerprint density at radius 3 is 2.40 bits per heavy atom. The summed E-state index contributed by atoms with van der Waals surface area (Å²) >= 11 is 0. The average molecular weight is 539 g/mol. The first-order valence-corrected chi connectivity index (χ1v) is 13.5. The SMILES string of the molecule is C=Cc1c(C)c2cc3nc(c(CC(=O)O)c4nc(cc5[nH]c(cc1[nH]2)c(C)c5CC)C(C)=C4C(=O)OC)CC3C. The molecule has 3 aromatic rings. The number of carbonyl (C=O) groups is 2. The Labute approximate surface area is 232 Å². The van der Waals surface area contributed by atoms with Crippen LogP contribution in [0, 0.1) is 13.8 Å². The molecule has 5 heterocycles. The van der Waals surface area contributed by atoms with Crippen molar-refractivity contribution in [2.45, 2.75) is 59.8 Å². The highest BCUT2D eigenvalue weighted by Gasteiger charge is 2.30. The summed E-state index contributed by atoms with van der Waals surface area (Å²) in [6.07, 6.45) is 2.87. The Kier molecular flexibility index (Phi) is 6.96. The van der Waals surface area contributed by atoms with E-state index in [-0.39, 0.29) is 17.9 Å². The van der Waals surface area contributed by atoms with Crippen molar-refractivity contribution in [3.05, 3.63) is 75.4 Å². The van der Waals surface area contributed by atoms with Gasteiger partial charge in [-0.2, -0.15) is 0 Å². The molecule has 5 rings (SSSR count). The first kappa shape index (κ1) is 27.1. The Morgan fingerprint density at radius 1 is 1.05 bits per heavy atom. The molecule has 8 bridgehead atoms. The van der Waals surface area contributed by atoms with Crippen molar-refractivity contribution in [3.63, 3.8) is 0 Å². The van der Waals surface area contributed by atoms with Crippen molar-refractivity contribution in [2.75, 3.05) is 7.11 Å². The average Bonchev–Trinajstić information content (AvgIpc) is 3.61. The van der Waals surface area contributed by atoms with Crippen LogP contribution >= 0.6 is 0 Å². The third kappa shape index (κ3) is 4.43. The number of hydrogen-bond donors (Lipinski definition) is 3. The molecule has 8 nitrogen and oxygen atoms in total. The van der Waals surface area contributed by atoms with E-state index < -0.39 is 11.9 Å². The van der Waals surface area contributed by atoms with E-state index in [0.717, 1.165) is 56.4 Å². The minimum atomic E-state index is -1.02. The van der Waals surface area contributed by atoms with Gasteiger partial charge < -0.3 is 19.8 Å². The Morgan fingerprint density at radius 2 is 1.75 bits per heavy atom. The highest BCUT2D eigenvalue weighted by molar-refractivity contribution is 6.25. The molecular formula is C32H34N4O4. The normalized spacial score (nSPS) is 14.9. The zero-order valence-electron chi connectivity index (χ0n) is 23.8. The highest BCUT2D eigenvalue weighted by Crippen LogP contribution is 2.36. The number of H-pyrrole nitrogens is 2. The van der Waals surface area contributed by atoms with E-state index in [2.05, 4.69) is 50.3 Å². The second kappa shape index (κ2) is 10.3. The number of ether oxygens (including phenoxy) is 1. The summed E-state index contributed by atoms with van der Waals surface area (Å²) in [5.74, 6) is -1.53. The van der Waals surface area contributed by atoms with Crippen molar-refractivity contribution in [2.24, 2.45) is 0 Å². The fourth-order valence-corrected chi connectivity index (χ4v) is 5.83. The first-order chi connectivity index (χ1) is 19.1. The van der Waals surface area contributed by atoms with Gasteiger partial charge in [0.25, 0.3) is 0 Å². The molecule has 0 spiro atoms. The molecule has 2 aliphatic rings. The Balaban J connectivity index is 2.04. The third-order valence-corrected chi connectivity index (χ3v) is 8.09. The summed E-state index contributed by atoms with van der Waals surface area (Å²) in [5, 5.41) is 9.88.